The lowest BCUT2D eigenvalue weighted by molar-refractivity contribution is -0.161. The van der Waals surface area contributed by atoms with Gasteiger partial charge < -0.3 is 33.8 Å². The van der Waals surface area contributed by atoms with E-state index in [0.29, 0.717) is 25.7 Å². The van der Waals surface area contributed by atoms with Crippen LogP contribution in [0.4, 0.5) is 0 Å². The molecule has 0 aliphatic carbocycles. The lowest BCUT2D eigenvalue weighted by Gasteiger charge is -2.21. The summed E-state index contributed by atoms with van der Waals surface area (Å²) in [5.74, 6) is -2.12. The summed E-state index contributed by atoms with van der Waals surface area (Å²) in [6.07, 6.45) is 55.4. The molecule has 0 aromatic heterocycles. The van der Waals surface area contributed by atoms with Crippen LogP contribution >= 0.6 is 15.6 Å². The van der Waals surface area contributed by atoms with Crippen LogP contribution in [0.2, 0.25) is 0 Å². The molecule has 0 heterocycles. The Kier molecular flexibility index (Phi) is 65.2. The first-order valence-corrected chi connectivity index (χ1v) is 40.8. The van der Waals surface area contributed by atoms with Crippen LogP contribution in [0.5, 0.6) is 0 Å². The van der Waals surface area contributed by atoms with Crippen molar-refractivity contribution >= 4 is 39.5 Å². The molecule has 3 N–H and O–H groups in total. The standard InChI is InChI=1S/C72H140O17P2/c1-5-9-13-17-21-25-28-31-33-36-38-41-45-49-53-57-70(75)83-63-68(89-72(77)59-55-51-47-43-40-37-34-32-29-26-22-18-14-10-6-2)65-87-91(80,81)85-61-66(73)60-84-90(78,79)86-64-67(62-82-69(74)56-52-48-44-24-20-16-12-8-4)88-71(76)58-54-50-46-42-39-35-30-27-23-19-15-11-7-3/h66-68,73H,5-65H2,1-4H3,(H,78,79)(H,80,81)/t66-,67+,68+/m0/s1. The van der Waals surface area contributed by atoms with Gasteiger partial charge in [0.2, 0.25) is 0 Å². The Morgan fingerprint density at radius 2 is 0.440 bits per heavy atom. The average molecular weight is 1340 g/mol. The van der Waals surface area contributed by atoms with Crippen molar-refractivity contribution in [3.8, 4) is 0 Å². The number of hydrogen-bond donors (Lipinski definition) is 3. The summed E-state index contributed by atoms with van der Waals surface area (Å²) in [5, 5.41) is 10.6. The largest absolute Gasteiger partial charge is 0.472 e. The third-order valence-corrected chi connectivity index (χ3v) is 18.8. The van der Waals surface area contributed by atoms with E-state index in [0.717, 1.165) is 89.9 Å². The second-order valence-corrected chi connectivity index (χ2v) is 28.9. The highest BCUT2D eigenvalue weighted by molar-refractivity contribution is 7.47. The van der Waals surface area contributed by atoms with Crippen LogP contribution in [-0.4, -0.2) is 96.7 Å². The van der Waals surface area contributed by atoms with Gasteiger partial charge in [-0.25, -0.2) is 9.13 Å². The molecule has 0 rings (SSSR count). The number of aliphatic hydroxyl groups excluding tert-OH is 1. The van der Waals surface area contributed by atoms with E-state index in [-0.39, 0.29) is 25.7 Å². The van der Waals surface area contributed by atoms with Crippen molar-refractivity contribution in [1.82, 2.24) is 0 Å². The van der Waals surface area contributed by atoms with Gasteiger partial charge in [0.1, 0.15) is 19.3 Å². The van der Waals surface area contributed by atoms with Crippen molar-refractivity contribution in [2.75, 3.05) is 39.6 Å². The first-order chi connectivity index (χ1) is 44.2. The van der Waals surface area contributed by atoms with E-state index in [1.165, 1.54) is 212 Å². The molecule has 0 fully saturated rings. The first-order valence-electron chi connectivity index (χ1n) is 37.8. The van der Waals surface area contributed by atoms with E-state index in [1.54, 1.807) is 0 Å². The minimum absolute atomic E-state index is 0.108. The van der Waals surface area contributed by atoms with Gasteiger partial charge in [0.15, 0.2) is 12.2 Å². The number of phosphoric acid groups is 2. The minimum atomic E-state index is -4.95. The Balaban J connectivity index is 5.22. The number of phosphoric ester groups is 2. The maximum absolute atomic E-state index is 13.0. The second-order valence-electron chi connectivity index (χ2n) is 26.0. The number of esters is 4. The van der Waals surface area contributed by atoms with E-state index in [2.05, 4.69) is 27.7 Å². The number of aliphatic hydroxyl groups is 1. The van der Waals surface area contributed by atoms with Crippen LogP contribution in [0.25, 0.3) is 0 Å². The molecule has 5 atom stereocenters. The highest BCUT2D eigenvalue weighted by Crippen LogP contribution is 2.45. The zero-order valence-corrected chi connectivity index (χ0v) is 60.6. The van der Waals surface area contributed by atoms with Gasteiger partial charge in [-0.2, -0.15) is 0 Å². The molecule has 0 aromatic carbocycles. The molecule has 0 spiro atoms. The summed E-state index contributed by atoms with van der Waals surface area (Å²) in [6.45, 7) is 4.95. The molecule has 0 saturated carbocycles. The summed E-state index contributed by atoms with van der Waals surface area (Å²) in [5.41, 5.74) is 0. The SMILES string of the molecule is CCCCCCCCCCCCCCCCCC(=O)OC[C@H](COP(=O)(O)OC[C@@H](O)COP(=O)(O)OC[C@@H](COC(=O)CCCCCCCCCC)OC(=O)CCCCCCCCCCCCCCC)OC(=O)CCCCCCCCCCCCCCCCC. The number of hydrogen-bond acceptors (Lipinski definition) is 15. The Bertz CT molecular complexity index is 1740. The van der Waals surface area contributed by atoms with Gasteiger partial charge in [0, 0.05) is 25.7 Å². The summed E-state index contributed by atoms with van der Waals surface area (Å²) in [7, 11) is -9.90. The van der Waals surface area contributed by atoms with Crippen LogP contribution in [0, 0.1) is 0 Å². The topological polar surface area (TPSA) is 237 Å². The van der Waals surface area contributed by atoms with Gasteiger partial charge in [0.25, 0.3) is 0 Å². The molecular formula is C72H140O17P2. The lowest BCUT2D eigenvalue weighted by atomic mass is 10.0. The summed E-state index contributed by atoms with van der Waals surface area (Å²) < 4.78 is 68.3. The average Bonchev–Trinajstić information content (AvgIpc) is 2.35. The molecule has 0 amide bonds. The predicted molar refractivity (Wildman–Crippen MR) is 368 cm³/mol. The third-order valence-electron chi connectivity index (χ3n) is 16.9. The maximum Gasteiger partial charge on any atom is 0.472 e. The van der Waals surface area contributed by atoms with Crippen molar-refractivity contribution in [3.05, 3.63) is 0 Å². The Labute approximate surface area is 556 Å². The zero-order valence-electron chi connectivity index (χ0n) is 58.8. The van der Waals surface area contributed by atoms with Gasteiger partial charge in [-0.15, -0.1) is 0 Å². The van der Waals surface area contributed by atoms with Gasteiger partial charge in [-0.3, -0.25) is 37.3 Å². The monoisotopic (exact) mass is 1340 g/mol. The van der Waals surface area contributed by atoms with Crippen molar-refractivity contribution < 1.29 is 80.2 Å². The molecule has 0 aliphatic heterocycles. The zero-order chi connectivity index (χ0) is 66.8. The molecular weight excluding hydrogens is 1200 g/mol. The molecule has 0 radical (unpaired) electrons. The smallest absolute Gasteiger partial charge is 0.462 e. The fourth-order valence-electron chi connectivity index (χ4n) is 11.0. The molecule has 0 aromatic rings. The number of rotatable bonds is 73. The first kappa shape index (κ1) is 89.1. The Morgan fingerprint density at radius 1 is 0.264 bits per heavy atom. The van der Waals surface area contributed by atoms with E-state index in [4.69, 9.17) is 37.0 Å². The predicted octanol–water partition coefficient (Wildman–Crippen LogP) is 21.1. The van der Waals surface area contributed by atoms with Crippen LogP contribution in [0.1, 0.15) is 381 Å². The highest BCUT2D eigenvalue weighted by atomic mass is 31.2. The fraction of sp³-hybridized carbons (Fsp3) is 0.944. The van der Waals surface area contributed by atoms with Crippen molar-refractivity contribution in [2.45, 2.75) is 399 Å². The fourth-order valence-corrected chi connectivity index (χ4v) is 12.6. The highest BCUT2D eigenvalue weighted by Gasteiger charge is 2.30. The van der Waals surface area contributed by atoms with Gasteiger partial charge in [0.05, 0.1) is 26.4 Å². The Morgan fingerprint density at radius 3 is 0.648 bits per heavy atom. The quantitative estimate of drug-likeness (QED) is 0.0222. The van der Waals surface area contributed by atoms with Crippen molar-refractivity contribution in [2.24, 2.45) is 0 Å². The van der Waals surface area contributed by atoms with E-state index in [1.807, 2.05) is 0 Å². The van der Waals surface area contributed by atoms with Crippen molar-refractivity contribution in [3.63, 3.8) is 0 Å². The van der Waals surface area contributed by atoms with E-state index < -0.39 is 97.5 Å². The molecule has 540 valence electrons. The third kappa shape index (κ3) is 66.5. The van der Waals surface area contributed by atoms with Gasteiger partial charge in [-0.05, 0) is 25.7 Å². The molecule has 2 unspecified atom stereocenters. The molecule has 17 nitrogen and oxygen atoms in total. The van der Waals surface area contributed by atoms with E-state index >= 15 is 0 Å². The van der Waals surface area contributed by atoms with E-state index in [9.17, 15) is 43.2 Å². The number of carbonyl (C=O) groups excluding carboxylic acids is 4. The molecule has 0 bridgehead atoms. The second kappa shape index (κ2) is 66.7. The maximum atomic E-state index is 13.0. The van der Waals surface area contributed by atoms with Crippen molar-refractivity contribution in [1.29, 1.82) is 0 Å². The number of carbonyl (C=O) groups is 4. The summed E-state index contributed by atoms with van der Waals surface area (Å²) in [4.78, 5) is 72.6. The molecule has 0 aliphatic rings. The molecule has 91 heavy (non-hydrogen) atoms. The van der Waals surface area contributed by atoms with Crippen LogP contribution in [0.3, 0.4) is 0 Å². The molecule has 0 saturated heterocycles. The lowest BCUT2D eigenvalue weighted by Crippen LogP contribution is -2.30. The summed E-state index contributed by atoms with van der Waals surface area (Å²) >= 11 is 0. The van der Waals surface area contributed by atoms with Gasteiger partial charge >= 0.3 is 39.5 Å². The van der Waals surface area contributed by atoms with Crippen LogP contribution in [0.15, 0.2) is 0 Å². The summed E-state index contributed by atoms with van der Waals surface area (Å²) in [6, 6.07) is 0. The normalized spacial score (nSPS) is 14.0. The van der Waals surface area contributed by atoms with Crippen LogP contribution in [-0.2, 0) is 65.4 Å². The van der Waals surface area contributed by atoms with Crippen LogP contribution < -0.4 is 0 Å². The molecule has 19 heteroatoms. The number of ether oxygens (including phenoxy) is 4. The minimum Gasteiger partial charge on any atom is -0.462 e. The van der Waals surface area contributed by atoms with Gasteiger partial charge in [-0.1, -0.05) is 329 Å². The number of unbranched alkanes of at least 4 members (excludes halogenated alkanes) is 47. The Hall–Kier alpha value is -1.94.